The fraction of sp³-hybridized carbons (Fsp3) is 1.00. The van der Waals surface area contributed by atoms with Crippen LogP contribution in [0.4, 0.5) is 0 Å². The van der Waals surface area contributed by atoms with Crippen molar-refractivity contribution in [2.75, 3.05) is 59.3 Å². The molecule has 0 radical (unpaired) electrons. The van der Waals surface area contributed by atoms with Gasteiger partial charge < -0.3 is 19.3 Å². The summed E-state index contributed by atoms with van der Waals surface area (Å²) in [5.74, 6) is 0. The van der Waals surface area contributed by atoms with Crippen molar-refractivity contribution in [3.63, 3.8) is 0 Å². The summed E-state index contributed by atoms with van der Waals surface area (Å²) < 4.78 is 15.6. The van der Waals surface area contributed by atoms with E-state index >= 15 is 0 Å². The van der Waals surface area contributed by atoms with Gasteiger partial charge in [-0.2, -0.15) is 0 Å². The lowest BCUT2D eigenvalue weighted by Crippen LogP contribution is -2.48. The smallest absolute Gasteiger partial charge is 0.0911 e. The second kappa shape index (κ2) is 9.76. The van der Waals surface area contributed by atoms with Crippen molar-refractivity contribution in [3.8, 4) is 0 Å². The predicted octanol–water partition coefficient (Wildman–Crippen LogP) is -0.763. The fourth-order valence-corrected chi connectivity index (χ4v) is 1.50. The number of rotatable bonds is 9. The number of nitrogens with one attached hydrogen (secondary N) is 1. The summed E-state index contributed by atoms with van der Waals surface area (Å²) in [5, 5.41) is 11.7. The Bertz CT molecular complexity index is 177. The van der Waals surface area contributed by atoms with Crippen LogP contribution in [0.3, 0.4) is 0 Å². The van der Waals surface area contributed by atoms with Crippen molar-refractivity contribution in [2.45, 2.75) is 13.0 Å². The summed E-state index contributed by atoms with van der Waals surface area (Å²) in [6.45, 7) is 7.81. The van der Waals surface area contributed by atoms with Crippen LogP contribution in [0, 0.1) is 0 Å². The van der Waals surface area contributed by atoms with Gasteiger partial charge in [-0.25, -0.2) is 5.01 Å². The summed E-state index contributed by atoms with van der Waals surface area (Å²) in [6, 6.07) is 0. The number of ether oxygens (including phenoxy) is 3. The van der Waals surface area contributed by atoms with Crippen molar-refractivity contribution in [2.24, 2.45) is 0 Å². The fourth-order valence-electron chi connectivity index (χ4n) is 1.50. The van der Waals surface area contributed by atoms with E-state index in [1.807, 2.05) is 6.92 Å². The highest BCUT2D eigenvalue weighted by molar-refractivity contribution is 4.61. The van der Waals surface area contributed by atoms with E-state index in [2.05, 4.69) is 10.4 Å². The predicted molar refractivity (Wildman–Crippen MR) is 63.7 cm³/mol. The van der Waals surface area contributed by atoms with E-state index < -0.39 is 6.10 Å². The van der Waals surface area contributed by atoms with Gasteiger partial charge in [-0.3, -0.25) is 5.43 Å². The van der Waals surface area contributed by atoms with Crippen LogP contribution in [0.15, 0.2) is 0 Å². The van der Waals surface area contributed by atoms with Crippen molar-refractivity contribution >= 4 is 0 Å². The zero-order valence-electron chi connectivity index (χ0n) is 10.6. The maximum Gasteiger partial charge on any atom is 0.0911 e. The average molecular weight is 248 g/mol. The van der Waals surface area contributed by atoms with E-state index in [1.54, 1.807) is 0 Å². The number of aliphatic hydroxyl groups excluding tert-OH is 1. The molecule has 1 aliphatic heterocycles. The summed E-state index contributed by atoms with van der Waals surface area (Å²) in [5.41, 5.74) is 3.17. The lowest BCUT2D eigenvalue weighted by atomic mass is 10.4. The molecule has 0 aromatic heterocycles. The Morgan fingerprint density at radius 2 is 2.00 bits per heavy atom. The number of hydrogen-bond acceptors (Lipinski definition) is 6. The number of nitrogens with zero attached hydrogens (tertiary/aromatic N) is 1. The van der Waals surface area contributed by atoms with Crippen LogP contribution in [-0.4, -0.2) is 75.5 Å². The molecule has 1 unspecified atom stereocenters. The Labute approximate surface area is 103 Å². The molecule has 6 heteroatoms. The largest absolute Gasteiger partial charge is 0.389 e. The third-order valence-electron chi connectivity index (χ3n) is 2.45. The standard InChI is InChI=1S/C11H24N2O4/c1-2-15-7-8-17-10-11(14)9-12-13-3-5-16-6-4-13/h11-12,14H,2-10H2,1H3. The first kappa shape index (κ1) is 14.8. The molecule has 1 aliphatic rings. The van der Waals surface area contributed by atoms with Gasteiger partial charge in [0.25, 0.3) is 0 Å². The molecule has 0 spiro atoms. The molecule has 17 heavy (non-hydrogen) atoms. The van der Waals surface area contributed by atoms with E-state index in [4.69, 9.17) is 14.2 Å². The molecule has 0 saturated carbocycles. The Hall–Kier alpha value is -0.240. The second-order valence-electron chi connectivity index (χ2n) is 3.89. The number of hydrogen-bond donors (Lipinski definition) is 2. The van der Waals surface area contributed by atoms with Gasteiger partial charge in [-0.1, -0.05) is 0 Å². The lowest BCUT2D eigenvalue weighted by Gasteiger charge is -2.28. The molecule has 6 nitrogen and oxygen atoms in total. The third-order valence-corrected chi connectivity index (χ3v) is 2.45. The highest BCUT2D eigenvalue weighted by atomic mass is 16.5. The molecule has 1 rings (SSSR count). The summed E-state index contributed by atoms with van der Waals surface area (Å²) in [6.07, 6.45) is -0.487. The van der Waals surface area contributed by atoms with Crippen molar-refractivity contribution in [3.05, 3.63) is 0 Å². The van der Waals surface area contributed by atoms with Crippen molar-refractivity contribution < 1.29 is 19.3 Å². The first-order valence-corrected chi connectivity index (χ1v) is 6.22. The van der Waals surface area contributed by atoms with Crippen LogP contribution in [0.2, 0.25) is 0 Å². The van der Waals surface area contributed by atoms with Crippen LogP contribution >= 0.6 is 0 Å². The Morgan fingerprint density at radius 1 is 1.29 bits per heavy atom. The van der Waals surface area contributed by atoms with Gasteiger partial charge in [-0.15, -0.1) is 0 Å². The molecule has 1 saturated heterocycles. The van der Waals surface area contributed by atoms with Gasteiger partial charge in [0.05, 0.1) is 39.1 Å². The Kier molecular flexibility index (Phi) is 8.50. The van der Waals surface area contributed by atoms with E-state index in [1.165, 1.54) is 0 Å². The molecule has 0 amide bonds. The topological polar surface area (TPSA) is 63.2 Å². The quantitative estimate of drug-likeness (QED) is 0.523. The van der Waals surface area contributed by atoms with Gasteiger partial charge in [0.2, 0.25) is 0 Å². The molecule has 2 N–H and O–H groups in total. The molecule has 1 heterocycles. The molecule has 0 aromatic rings. The van der Waals surface area contributed by atoms with Gasteiger partial charge >= 0.3 is 0 Å². The highest BCUT2D eigenvalue weighted by Gasteiger charge is 2.11. The van der Waals surface area contributed by atoms with Gasteiger partial charge in [0.1, 0.15) is 0 Å². The highest BCUT2D eigenvalue weighted by Crippen LogP contribution is 1.93. The van der Waals surface area contributed by atoms with Crippen LogP contribution in [0.1, 0.15) is 6.92 Å². The Balaban J connectivity index is 1.91. The van der Waals surface area contributed by atoms with Crippen LogP contribution in [0.5, 0.6) is 0 Å². The zero-order valence-corrected chi connectivity index (χ0v) is 10.6. The molecule has 0 aromatic carbocycles. The van der Waals surface area contributed by atoms with E-state index in [0.29, 0.717) is 33.0 Å². The van der Waals surface area contributed by atoms with Crippen LogP contribution < -0.4 is 5.43 Å². The molecule has 1 atom stereocenters. The average Bonchev–Trinajstić information content (AvgIpc) is 2.37. The number of hydrazine groups is 1. The second-order valence-corrected chi connectivity index (χ2v) is 3.89. The molecule has 0 bridgehead atoms. The SMILES string of the molecule is CCOCCOCC(O)CNN1CCOCC1. The number of aliphatic hydroxyl groups is 1. The summed E-state index contributed by atoms with van der Waals surface area (Å²) >= 11 is 0. The monoisotopic (exact) mass is 248 g/mol. The molecule has 1 fully saturated rings. The minimum Gasteiger partial charge on any atom is -0.389 e. The lowest BCUT2D eigenvalue weighted by molar-refractivity contribution is -0.0187. The Morgan fingerprint density at radius 3 is 2.71 bits per heavy atom. The number of morpholine rings is 1. The first-order valence-electron chi connectivity index (χ1n) is 6.22. The van der Waals surface area contributed by atoms with Crippen molar-refractivity contribution in [1.29, 1.82) is 0 Å². The minimum absolute atomic E-state index is 0.338. The molecular formula is C11H24N2O4. The molecular weight excluding hydrogens is 224 g/mol. The van der Waals surface area contributed by atoms with E-state index in [-0.39, 0.29) is 0 Å². The van der Waals surface area contributed by atoms with E-state index in [0.717, 1.165) is 26.3 Å². The molecule has 102 valence electrons. The zero-order chi connectivity index (χ0) is 12.3. The van der Waals surface area contributed by atoms with Gasteiger partial charge in [0.15, 0.2) is 0 Å². The molecule has 0 aliphatic carbocycles. The van der Waals surface area contributed by atoms with Gasteiger partial charge in [0, 0.05) is 26.2 Å². The summed E-state index contributed by atoms with van der Waals surface area (Å²) in [4.78, 5) is 0. The third kappa shape index (κ3) is 7.64. The van der Waals surface area contributed by atoms with Crippen LogP contribution in [0.25, 0.3) is 0 Å². The van der Waals surface area contributed by atoms with E-state index in [9.17, 15) is 5.11 Å². The normalized spacial score (nSPS) is 19.4. The van der Waals surface area contributed by atoms with Gasteiger partial charge in [-0.05, 0) is 6.92 Å². The summed E-state index contributed by atoms with van der Waals surface area (Å²) in [7, 11) is 0. The minimum atomic E-state index is -0.487. The maximum atomic E-state index is 9.65. The first-order chi connectivity index (χ1) is 8.33. The maximum absolute atomic E-state index is 9.65. The van der Waals surface area contributed by atoms with Crippen LogP contribution in [-0.2, 0) is 14.2 Å². The van der Waals surface area contributed by atoms with Crippen molar-refractivity contribution in [1.82, 2.24) is 10.4 Å².